The van der Waals surface area contributed by atoms with Gasteiger partial charge in [0.25, 0.3) is 5.69 Å². The zero-order chi connectivity index (χ0) is 17.9. The number of aromatic nitrogens is 1. The first-order chi connectivity index (χ1) is 11.2. The molecule has 0 saturated carbocycles. The van der Waals surface area contributed by atoms with Gasteiger partial charge in [-0.2, -0.15) is 4.31 Å². The van der Waals surface area contributed by atoms with Gasteiger partial charge in [-0.05, 0) is 38.5 Å². The molecule has 0 amide bonds. The Hall–Kier alpha value is -2.32. The molecule has 128 valence electrons. The van der Waals surface area contributed by atoms with E-state index in [0.717, 1.165) is 5.56 Å². The van der Waals surface area contributed by atoms with E-state index in [-0.39, 0.29) is 28.7 Å². The Kier molecular flexibility index (Phi) is 5.30. The zero-order valence-corrected chi connectivity index (χ0v) is 14.5. The third-order valence-corrected chi connectivity index (χ3v) is 5.84. The number of hydrogen-bond acceptors (Lipinski definition) is 5. The Balaban J connectivity index is 2.50. The van der Waals surface area contributed by atoms with Crippen LogP contribution in [0.1, 0.15) is 25.0 Å². The molecule has 8 heteroatoms. The van der Waals surface area contributed by atoms with Gasteiger partial charge < -0.3 is 0 Å². The molecule has 0 unspecified atom stereocenters. The SMILES string of the molecule is Cc1c([N+](=O)[O-])cccc1S(=O)(=O)N(Cc1cccnc1)C(C)C. The van der Waals surface area contributed by atoms with Crippen LogP contribution in [0.2, 0.25) is 0 Å². The summed E-state index contributed by atoms with van der Waals surface area (Å²) in [4.78, 5) is 14.5. The third-order valence-electron chi connectivity index (χ3n) is 3.68. The molecule has 1 heterocycles. The Morgan fingerprint density at radius 3 is 2.50 bits per heavy atom. The Labute approximate surface area is 141 Å². The number of rotatable bonds is 6. The van der Waals surface area contributed by atoms with Crippen LogP contribution < -0.4 is 0 Å². The summed E-state index contributed by atoms with van der Waals surface area (Å²) in [6.45, 7) is 5.13. The van der Waals surface area contributed by atoms with Crippen LogP contribution in [-0.4, -0.2) is 28.7 Å². The second-order valence-corrected chi connectivity index (χ2v) is 7.52. The summed E-state index contributed by atoms with van der Waals surface area (Å²) in [5.74, 6) is 0. The molecule has 0 fully saturated rings. The molecule has 1 aromatic carbocycles. The van der Waals surface area contributed by atoms with E-state index in [1.54, 1.807) is 38.4 Å². The van der Waals surface area contributed by atoms with Crippen LogP contribution in [0, 0.1) is 17.0 Å². The molecule has 0 saturated heterocycles. The van der Waals surface area contributed by atoms with Crippen molar-refractivity contribution in [2.75, 3.05) is 0 Å². The van der Waals surface area contributed by atoms with Gasteiger partial charge in [0.15, 0.2) is 0 Å². The quantitative estimate of drug-likeness (QED) is 0.590. The summed E-state index contributed by atoms with van der Waals surface area (Å²) in [5, 5.41) is 11.1. The maximum Gasteiger partial charge on any atom is 0.273 e. The lowest BCUT2D eigenvalue weighted by atomic mass is 10.2. The van der Waals surface area contributed by atoms with E-state index in [0.29, 0.717) is 0 Å². The second kappa shape index (κ2) is 7.06. The maximum atomic E-state index is 13.1. The number of benzene rings is 1. The zero-order valence-electron chi connectivity index (χ0n) is 13.7. The highest BCUT2D eigenvalue weighted by Crippen LogP contribution is 2.29. The lowest BCUT2D eigenvalue weighted by Gasteiger charge is -2.26. The minimum atomic E-state index is -3.88. The van der Waals surface area contributed by atoms with Gasteiger partial charge in [0, 0.05) is 36.6 Å². The van der Waals surface area contributed by atoms with Crippen LogP contribution in [-0.2, 0) is 16.6 Å². The number of sulfonamides is 1. The molecule has 0 aliphatic heterocycles. The summed E-state index contributed by atoms with van der Waals surface area (Å²) in [7, 11) is -3.88. The molecular formula is C16H19N3O4S. The molecule has 0 spiro atoms. The van der Waals surface area contributed by atoms with Crippen LogP contribution in [0.4, 0.5) is 5.69 Å². The van der Waals surface area contributed by atoms with Gasteiger partial charge in [-0.25, -0.2) is 8.42 Å². The number of nitrogens with zero attached hydrogens (tertiary/aromatic N) is 3. The number of nitro benzene ring substituents is 1. The highest BCUT2D eigenvalue weighted by molar-refractivity contribution is 7.89. The molecule has 24 heavy (non-hydrogen) atoms. The summed E-state index contributed by atoms with van der Waals surface area (Å²) in [6.07, 6.45) is 3.22. The minimum absolute atomic E-state index is 0.0470. The van der Waals surface area contributed by atoms with Gasteiger partial charge in [0.2, 0.25) is 10.0 Å². The van der Waals surface area contributed by atoms with Crippen molar-refractivity contribution in [3.8, 4) is 0 Å². The molecule has 2 rings (SSSR count). The van der Waals surface area contributed by atoms with Crippen molar-refractivity contribution in [1.29, 1.82) is 0 Å². The second-order valence-electron chi connectivity index (χ2n) is 5.66. The van der Waals surface area contributed by atoms with Crippen LogP contribution in [0.3, 0.4) is 0 Å². The molecule has 0 aliphatic carbocycles. The van der Waals surface area contributed by atoms with Gasteiger partial charge in [-0.1, -0.05) is 12.1 Å². The van der Waals surface area contributed by atoms with E-state index >= 15 is 0 Å². The first kappa shape index (κ1) is 18.0. The highest BCUT2D eigenvalue weighted by Gasteiger charge is 2.31. The molecule has 0 radical (unpaired) electrons. The molecule has 1 aromatic heterocycles. The largest absolute Gasteiger partial charge is 0.273 e. The summed E-state index contributed by atoms with van der Waals surface area (Å²) < 4.78 is 27.4. The Morgan fingerprint density at radius 2 is 1.96 bits per heavy atom. The molecule has 7 nitrogen and oxygen atoms in total. The number of hydrogen-bond donors (Lipinski definition) is 0. The standard InChI is InChI=1S/C16H19N3O4S/c1-12(2)18(11-14-6-5-9-17-10-14)24(22,23)16-8-4-7-15(13(16)3)19(20)21/h4-10,12H,11H2,1-3H3. The molecule has 0 N–H and O–H groups in total. The van der Waals surface area contributed by atoms with Crippen molar-refractivity contribution in [3.63, 3.8) is 0 Å². The molecule has 0 aliphatic rings. The van der Waals surface area contributed by atoms with Gasteiger partial charge in [0.05, 0.1) is 9.82 Å². The fourth-order valence-corrected chi connectivity index (χ4v) is 4.29. The summed E-state index contributed by atoms with van der Waals surface area (Å²) >= 11 is 0. The van der Waals surface area contributed by atoms with Crippen molar-refractivity contribution in [3.05, 3.63) is 64.0 Å². The minimum Gasteiger partial charge on any atom is -0.264 e. The smallest absolute Gasteiger partial charge is 0.264 e. The molecule has 0 bridgehead atoms. The van der Waals surface area contributed by atoms with Gasteiger partial charge in [-0.15, -0.1) is 0 Å². The normalized spacial score (nSPS) is 11.9. The average Bonchev–Trinajstić information content (AvgIpc) is 2.52. The van der Waals surface area contributed by atoms with Crippen molar-refractivity contribution in [2.24, 2.45) is 0 Å². The van der Waals surface area contributed by atoms with Gasteiger partial charge in [0.1, 0.15) is 0 Å². The van der Waals surface area contributed by atoms with Crippen LogP contribution in [0.25, 0.3) is 0 Å². The van der Waals surface area contributed by atoms with Gasteiger partial charge >= 0.3 is 0 Å². The van der Waals surface area contributed by atoms with Gasteiger partial charge in [-0.3, -0.25) is 15.1 Å². The molecular weight excluding hydrogens is 330 g/mol. The highest BCUT2D eigenvalue weighted by atomic mass is 32.2. The van der Waals surface area contributed by atoms with Crippen LogP contribution in [0.5, 0.6) is 0 Å². The van der Waals surface area contributed by atoms with Crippen LogP contribution >= 0.6 is 0 Å². The monoisotopic (exact) mass is 349 g/mol. The van der Waals surface area contributed by atoms with E-state index in [2.05, 4.69) is 4.98 Å². The van der Waals surface area contributed by atoms with E-state index in [9.17, 15) is 18.5 Å². The maximum absolute atomic E-state index is 13.1. The van der Waals surface area contributed by atoms with Crippen molar-refractivity contribution in [2.45, 2.75) is 38.3 Å². The fourth-order valence-electron chi connectivity index (χ4n) is 2.42. The van der Waals surface area contributed by atoms with Crippen molar-refractivity contribution >= 4 is 15.7 Å². The predicted molar refractivity (Wildman–Crippen MR) is 89.9 cm³/mol. The number of nitro groups is 1. The number of pyridine rings is 1. The van der Waals surface area contributed by atoms with Crippen molar-refractivity contribution in [1.82, 2.24) is 9.29 Å². The van der Waals surface area contributed by atoms with Crippen LogP contribution in [0.15, 0.2) is 47.6 Å². The first-order valence-corrected chi connectivity index (χ1v) is 8.84. The predicted octanol–water partition coefficient (Wildman–Crippen LogP) is 2.90. The summed E-state index contributed by atoms with van der Waals surface area (Å²) in [6, 6.07) is 7.30. The topological polar surface area (TPSA) is 93.4 Å². The Bertz CT molecular complexity index is 836. The lowest BCUT2D eigenvalue weighted by Crippen LogP contribution is -2.36. The van der Waals surface area contributed by atoms with E-state index in [1.807, 2.05) is 0 Å². The molecule has 2 aromatic rings. The average molecular weight is 349 g/mol. The molecule has 0 atom stereocenters. The lowest BCUT2D eigenvalue weighted by molar-refractivity contribution is -0.385. The van der Waals surface area contributed by atoms with E-state index < -0.39 is 14.9 Å². The third kappa shape index (κ3) is 3.60. The van der Waals surface area contributed by atoms with Crippen molar-refractivity contribution < 1.29 is 13.3 Å². The fraction of sp³-hybridized carbons (Fsp3) is 0.312. The first-order valence-electron chi connectivity index (χ1n) is 7.40. The Morgan fingerprint density at radius 1 is 1.25 bits per heavy atom. The van der Waals surface area contributed by atoms with E-state index in [1.165, 1.54) is 29.4 Å². The van der Waals surface area contributed by atoms with E-state index in [4.69, 9.17) is 0 Å². The summed E-state index contributed by atoms with van der Waals surface area (Å²) in [5.41, 5.74) is 0.679.